The van der Waals surface area contributed by atoms with Gasteiger partial charge in [-0.15, -0.1) is 11.3 Å². The number of nitrogens with zero attached hydrogens (tertiary/aromatic N) is 3. The second-order valence-electron chi connectivity index (χ2n) is 7.73. The van der Waals surface area contributed by atoms with Crippen LogP contribution in [-0.2, 0) is 11.2 Å². The summed E-state index contributed by atoms with van der Waals surface area (Å²) in [6, 6.07) is 14.4. The lowest BCUT2D eigenvalue weighted by Crippen LogP contribution is -2.27. The minimum atomic E-state index is -0.894. The van der Waals surface area contributed by atoms with Gasteiger partial charge in [0.05, 0.1) is 5.69 Å². The van der Waals surface area contributed by atoms with E-state index in [4.69, 9.17) is 0 Å². The van der Waals surface area contributed by atoms with Gasteiger partial charge in [0.2, 0.25) is 0 Å². The Hall–Kier alpha value is -2.64. The van der Waals surface area contributed by atoms with Crippen LogP contribution in [0.5, 0.6) is 0 Å². The van der Waals surface area contributed by atoms with Crippen molar-refractivity contribution >= 4 is 41.0 Å². The van der Waals surface area contributed by atoms with E-state index in [2.05, 4.69) is 45.2 Å². The summed E-state index contributed by atoms with van der Waals surface area (Å²) in [5.74, 6) is 0.0937. The molecule has 0 aliphatic rings. The number of carboxylic acids is 1. The molecule has 3 rings (SSSR count). The van der Waals surface area contributed by atoms with E-state index in [-0.39, 0.29) is 0 Å². The highest BCUT2D eigenvalue weighted by Crippen LogP contribution is 2.34. The fraction of sp³-hybridized carbons (Fsp3) is 0.292. The van der Waals surface area contributed by atoms with Crippen molar-refractivity contribution in [2.45, 2.75) is 36.3 Å². The van der Waals surface area contributed by atoms with Gasteiger partial charge in [-0.3, -0.25) is 4.79 Å². The summed E-state index contributed by atoms with van der Waals surface area (Å²) >= 11 is 2.79. The lowest BCUT2D eigenvalue weighted by atomic mass is 10.2. The fourth-order valence-electron chi connectivity index (χ4n) is 2.79. The first kappa shape index (κ1) is 23.0. The predicted octanol–water partition coefficient (Wildman–Crippen LogP) is 5.56. The van der Waals surface area contributed by atoms with E-state index in [1.54, 1.807) is 13.8 Å². The molecule has 2 aromatic heterocycles. The number of rotatable bonds is 10. The van der Waals surface area contributed by atoms with Gasteiger partial charge in [0.25, 0.3) is 0 Å². The number of aliphatic carboxylic acids is 1. The molecule has 7 heteroatoms. The summed E-state index contributed by atoms with van der Waals surface area (Å²) in [4.78, 5) is 22.8. The van der Waals surface area contributed by atoms with Gasteiger partial charge in [-0.2, -0.15) is 0 Å². The number of pyridine rings is 1. The quantitative estimate of drug-likeness (QED) is 0.405. The van der Waals surface area contributed by atoms with Crippen LogP contribution in [0.3, 0.4) is 0 Å². The van der Waals surface area contributed by atoms with Crippen molar-refractivity contribution < 1.29 is 9.90 Å². The molecule has 0 saturated carbocycles. The second-order valence-corrected chi connectivity index (χ2v) is 10.5. The number of aryl methyl sites for hydroxylation is 1. The summed E-state index contributed by atoms with van der Waals surface area (Å²) in [6.07, 6.45) is 6.91. The Bertz CT molecular complexity index is 1010. The number of carbonyl (C=O) groups is 1. The largest absolute Gasteiger partial charge is 0.480 e. The minimum absolute atomic E-state index is 0.739. The second kappa shape index (κ2) is 10.6. The fourth-order valence-corrected chi connectivity index (χ4v) is 5.01. The number of hydrogen-bond acceptors (Lipinski definition) is 6. The number of carboxylic acid groups (broad SMARTS) is 1. The third-order valence-corrected chi connectivity index (χ3v) is 6.85. The first-order valence-corrected chi connectivity index (χ1v) is 11.8. The van der Waals surface area contributed by atoms with Gasteiger partial charge in [0.1, 0.15) is 10.6 Å². The molecule has 0 amide bonds. The first-order chi connectivity index (χ1) is 14.8. The van der Waals surface area contributed by atoms with Crippen molar-refractivity contribution in [1.82, 2.24) is 9.97 Å². The Morgan fingerprint density at radius 1 is 1.23 bits per heavy atom. The summed E-state index contributed by atoms with van der Waals surface area (Å²) in [7, 11) is 0. The Morgan fingerprint density at radius 3 is 2.68 bits per heavy atom. The van der Waals surface area contributed by atoms with Gasteiger partial charge in [0.15, 0.2) is 4.34 Å². The molecule has 162 valence electrons. The van der Waals surface area contributed by atoms with Crippen LogP contribution < -0.4 is 4.90 Å². The zero-order valence-corrected chi connectivity index (χ0v) is 19.6. The standard InChI is InChI=1S/C24H27N3O2S2/c1-18-11-12-21(25-16-18)27(14-7-10-19-8-5-4-6-9-19)15-13-20-17-30-23(26-20)31-24(2,3)22(28)29/h4-12,16-17H,13-15H2,1-3H3,(H,28,29). The normalized spacial score (nSPS) is 11.7. The Labute approximate surface area is 191 Å². The molecule has 0 saturated heterocycles. The van der Waals surface area contributed by atoms with Crippen molar-refractivity contribution in [2.75, 3.05) is 18.0 Å². The lowest BCUT2D eigenvalue weighted by molar-refractivity contribution is -0.138. The summed E-state index contributed by atoms with van der Waals surface area (Å²) in [6.45, 7) is 6.94. The topological polar surface area (TPSA) is 66.3 Å². The zero-order chi connectivity index (χ0) is 22.3. The molecule has 0 unspecified atom stereocenters. The number of thioether (sulfide) groups is 1. The molecule has 0 radical (unpaired) electrons. The molecular weight excluding hydrogens is 426 g/mol. The average molecular weight is 454 g/mol. The molecule has 3 aromatic rings. The molecule has 2 heterocycles. The maximum atomic E-state index is 11.4. The van der Waals surface area contributed by atoms with Gasteiger partial charge in [-0.25, -0.2) is 9.97 Å². The first-order valence-electron chi connectivity index (χ1n) is 10.1. The Kier molecular flexibility index (Phi) is 7.87. The highest BCUT2D eigenvalue weighted by atomic mass is 32.2. The molecule has 0 atom stereocenters. The number of thiazole rings is 1. The van der Waals surface area contributed by atoms with E-state index in [0.717, 1.165) is 40.9 Å². The Morgan fingerprint density at radius 2 is 2.00 bits per heavy atom. The molecule has 1 N–H and O–H groups in total. The van der Waals surface area contributed by atoms with E-state index in [1.165, 1.54) is 28.7 Å². The molecule has 0 fully saturated rings. The molecule has 0 aliphatic heterocycles. The molecule has 0 bridgehead atoms. The van der Waals surface area contributed by atoms with Crippen LogP contribution in [0.1, 0.15) is 30.7 Å². The van der Waals surface area contributed by atoms with Crippen LogP contribution in [-0.4, -0.2) is 38.9 Å². The number of aromatic nitrogens is 2. The predicted molar refractivity (Wildman–Crippen MR) is 130 cm³/mol. The van der Waals surface area contributed by atoms with Crippen molar-refractivity contribution in [3.8, 4) is 0 Å². The van der Waals surface area contributed by atoms with Crippen LogP contribution in [0.4, 0.5) is 5.82 Å². The minimum Gasteiger partial charge on any atom is -0.480 e. The third kappa shape index (κ3) is 6.94. The van der Waals surface area contributed by atoms with Gasteiger partial charge < -0.3 is 10.0 Å². The molecule has 1 aromatic carbocycles. The van der Waals surface area contributed by atoms with E-state index in [9.17, 15) is 9.90 Å². The van der Waals surface area contributed by atoms with Crippen molar-refractivity contribution in [3.63, 3.8) is 0 Å². The van der Waals surface area contributed by atoms with E-state index >= 15 is 0 Å². The third-order valence-electron chi connectivity index (χ3n) is 4.68. The van der Waals surface area contributed by atoms with Crippen LogP contribution in [0, 0.1) is 6.92 Å². The molecule has 0 aliphatic carbocycles. The maximum Gasteiger partial charge on any atom is 0.319 e. The van der Waals surface area contributed by atoms with Crippen LogP contribution in [0.15, 0.2) is 64.5 Å². The van der Waals surface area contributed by atoms with E-state index in [1.807, 2.05) is 42.8 Å². The molecule has 0 spiro atoms. The molecule has 5 nitrogen and oxygen atoms in total. The molecule has 31 heavy (non-hydrogen) atoms. The van der Waals surface area contributed by atoms with Gasteiger partial charge in [0, 0.05) is 31.1 Å². The summed E-state index contributed by atoms with van der Waals surface area (Å²) in [5, 5.41) is 11.3. The van der Waals surface area contributed by atoms with Crippen LogP contribution in [0.25, 0.3) is 6.08 Å². The van der Waals surface area contributed by atoms with Crippen molar-refractivity contribution in [3.05, 3.63) is 76.9 Å². The highest BCUT2D eigenvalue weighted by molar-refractivity contribution is 8.02. The number of hydrogen-bond donors (Lipinski definition) is 1. The number of anilines is 1. The SMILES string of the molecule is Cc1ccc(N(CC=Cc2ccccc2)CCc2csc(SC(C)(C)C(=O)O)n2)nc1. The van der Waals surface area contributed by atoms with Gasteiger partial charge >= 0.3 is 5.97 Å². The van der Waals surface area contributed by atoms with Crippen molar-refractivity contribution in [2.24, 2.45) is 0 Å². The summed E-state index contributed by atoms with van der Waals surface area (Å²) < 4.78 is -0.110. The van der Waals surface area contributed by atoms with Gasteiger partial charge in [-0.05, 0) is 38.0 Å². The summed E-state index contributed by atoms with van der Waals surface area (Å²) in [5.41, 5.74) is 3.27. The van der Waals surface area contributed by atoms with Crippen molar-refractivity contribution in [1.29, 1.82) is 0 Å². The van der Waals surface area contributed by atoms with E-state index < -0.39 is 10.7 Å². The van der Waals surface area contributed by atoms with Crippen LogP contribution >= 0.6 is 23.1 Å². The monoisotopic (exact) mass is 453 g/mol. The Balaban J connectivity index is 1.67. The zero-order valence-electron chi connectivity index (χ0n) is 18.0. The highest BCUT2D eigenvalue weighted by Gasteiger charge is 2.29. The lowest BCUT2D eigenvalue weighted by Gasteiger charge is -2.22. The van der Waals surface area contributed by atoms with E-state index in [0.29, 0.717) is 0 Å². The number of benzene rings is 1. The maximum absolute atomic E-state index is 11.4. The van der Waals surface area contributed by atoms with Gasteiger partial charge in [-0.1, -0.05) is 60.3 Å². The van der Waals surface area contributed by atoms with Crippen LogP contribution in [0.2, 0.25) is 0 Å². The molecular formula is C24H27N3O2S2. The smallest absolute Gasteiger partial charge is 0.319 e. The average Bonchev–Trinajstić information content (AvgIpc) is 3.18.